The fourth-order valence-electron chi connectivity index (χ4n) is 2.54. The summed E-state index contributed by atoms with van der Waals surface area (Å²) in [6, 6.07) is 18.0. The van der Waals surface area contributed by atoms with Crippen molar-refractivity contribution in [1.82, 2.24) is 24.9 Å². The molecule has 0 spiro atoms. The zero-order valence-corrected chi connectivity index (χ0v) is 15.3. The maximum Gasteiger partial charge on any atom is 0.237 e. The second kappa shape index (κ2) is 7.13. The molecule has 0 N–H and O–H groups in total. The summed E-state index contributed by atoms with van der Waals surface area (Å²) in [6.07, 6.45) is 0. The number of thioether (sulfide) groups is 1. The molecule has 2 aromatic heterocycles. The van der Waals surface area contributed by atoms with Crippen molar-refractivity contribution in [3.05, 3.63) is 66.1 Å². The van der Waals surface area contributed by atoms with Gasteiger partial charge in [-0.3, -0.25) is 0 Å². The fraction of sp³-hybridized carbons (Fsp3) is 0.158. The van der Waals surface area contributed by atoms with Crippen LogP contribution in [0.5, 0.6) is 0 Å². The number of rotatable bonds is 5. The minimum Gasteiger partial charge on any atom is -0.338 e. The highest BCUT2D eigenvalue weighted by molar-refractivity contribution is 7.98. The molecule has 4 rings (SSSR count). The van der Waals surface area contributed by atoms with Gasteiger partial charge >= 0.3 is 0 Å². The number of hydrogen-bond donors (Lipinski definition) is 0. The first-order valence-corrected chi connectivity index (χ1v) is 9.16. The molecule has 2 aromatic carbocycles. The van der Waals surface area contributed by atoms with E-state index in [-0.39, 0.29) is 0 Å². The number of hydrogen-bond acceptors (Lipinski definition) is 6. The molecule has 4 aromatic rings. The third-order valence-electron chi connectivity index (χ3n) is 3.97. The predicted octanol–water partition coefficient (Wildman–Crippen LogP) is 4.13. The average molecular weight is 363 g/mol. The Balaban J connectivity index is 1.47. The Morgan fingerprint density at radius 3 is 2.50 bits per heavy atom. The van der Waals surface area contributed by atoms with Crippen molar-refractivity contribution < 1.29 is 4.52 Å². The van der Waals surface area contributed by atoms with Gasteiger partial charge in [0, 0.05) is 18.2 Å². The standard InChI is InChI=1S/C19H17N5OS/c1-13-8-10-15(11-9-13)18-21-22-19(24(18)2)26-12-16-20-17(23-25-16)14-6-4-3-5-7-14/h3-11H,12H2,1-2H3. The molecule has 0 saturated heterocycles. The SMILES string of the molecule is Cc1ccc(-c2nnc(SCc3nc(-c4ccccc4)no3)n2C)cc1. The lowest BCUT2D eigenvalue weighted by molar-refractivity contribution is 0.391. The molecule has 0 radical (unpaired) electrons. The number of aromatic nitrogens is 5. The van der Waals surface area contributed by atoms with Crippen molar-refractivity contribution in [3.63, 3.8) is 0 Å². The van der Waals surface area contributed by atoms with Crippen LogP contribution in [0.2, 0.25) is 0 Å². The smallest absolute Gasteiger partial charge is 0.237 e. The van der Waals surface area contributed by atoms with Crippen LogP contribution in [0.1, 0.15) is 11.5 Å². The van der Waals surface area contributed by atoms with Crippen LogP contribution in [0.3, 0.4) is 0 Å². The van der Waals surface area contributed by atoms with E-state index in [0.717, 1.165) is 22.1 Å². The van der Waals surface area contributed by atoms with Crippen LogP contribution in [-0.4, -0.2) is 24.9 Å². The molecule has 26 heavy (non-hydrogen) atoms. The van der Waals surface area contributed by atoms with E-state index < -0.39 is 0 Å². The maximum atomic E-state index is 5.35. The van der Waals surface area contributed by atoms with Crippen molar-refractivity contribution in [2.24, 2.45) is 7.05 Å². The van der Waals surface area contributed by atoms with E-state index in [2.05, 4.69) is 51.5 Å². The Kier molecular flexibility index (Phi) is 4.53. The Bertz CT molecular complexity index is 1010. The summed E-state index contributed by atoms with van der Waals surface area (Å²) in [5.74, 6) is 2.54. The summed E-state index contributed by atoms with van der Waals surface area (Å²) in [6.45, 7) is 2.07. The van der Waals surface area contributed by atoms with E-state index in [1.807, 2.05) is 41.9 Å². The monoisotopic (exact) mass is 363 g/mol. The Labute approximate surface area is 155 Å². The van der Waals surface area contributed by atoms with Crippen molar-refractivity contribution in [2.45, 2.75) is 17.8 Å². The Hall–Kier alpha value is -2.93. The maximum absolute atomic E-state index is 5.35. The molecule has 7 heteroatoms. The van der Waals surface area contributed by atoms with Gasteiger partial charge in [-0.15, -0.1) is 10.2 Å². The Morgan fingerprint density at radius 2 is 1.73 bits per heavy atom. The quantitative estimate of drug-likeness (QED) is 0.497. The van der Waals surface area contributed by atoms with Gasteiger partial charge in [-0.1, -0.05) is 77.1 Å². The van der Waals surface area contributed by atoms with Crippen molar-refractivity contribution in [2.75, 3.05) is 0 Å². The summed E-state index contributed by atoms with van der Waals surface area (Å²) >= 11 is 1.52. The molecule has 0 fully saturated rings. The molecular weight excluding hydrogens is 346 g/mol. The van der Waals surface area contributed by atoms with Crippen molar-refractivity contribution >= 4 is 11.8 Å². The van der Waals surface area contributed by atoms with E-state index in [0.29, 0.717) is 17.5 Å². The van der Waals surface area contributed by atoms with Gasteiger partial charge in [0.05, 0.1) is 5.75 Å². The zero-order chi connectivity index (χ0) is 17.9. The molecule has 6 nitrogen and oxygen atoms in total. The summed E-state index contributed by atoms with van der Waals surface area (Å²) in [7, 11) is 1.96. The van der Waals surface area contributed by atoms with E-state index in [1.165, 1.54) is 17.3 Å². The van der Waals surface area contributed by atoms with Gasteiger partial charge in [0.1, 0.15) is 0 Å². The lowest BCUT2D eigenvalue weighted by atomic mass is 10.1. The van der Waals surface area contributed by atoms with Crippen LogP contribution in [0.4, 0.5) is 0 Å². The number of aryl methyl sites for hydroxylation is 1. The second-order valence-electron chi connectivity index (χ2n) is 5.90. The number of benzene rings is 2. The van der Waals surface area contributed by atoms with Gasteiger partial charge in [-0.2, -0.15) is 4.98 Å². The first-order valence-electron chi connectivity index (χ1n) is 8.18. The van der Waals surface area contributed by atoms with Crippen LogP contribution in [-0.2, 0) is 12.8 Å². The third kappa shape index (κ3) is 3.39. The lowest BCUT2D eigenvalue weighted by Crippen LogP contribution is -1.95. The predicted molar refractivity (Wildman–Crippen MR) is 100 cm³/mol. The molecule has 0 saturated carbocycles. The van der Waals surface area contributed by atoms with Crippen molar-refractivity contribution in [1.29, 1.82) is 0 Å². The molecule has 0 aliphatic heterocycles. The molecule has 130 valence electrons. The normalized spacial score (nSPS) is 11.0. The lowest BCUT2D eigenvalue weighted by Gasteiger charge is -2.03. The summed E-state index contributed by atoms with van der Waals surface area (Å²) in [5.41, 5.74) is 3.20. The Morgan fingerprint density at radius 1 is 0.962 bits per heavy atom. The summed E-state index contributed by atoms with van der Waals surface area (Å²) in [4.78, 5) is 4.44. The van der Waals surface area contributed by atoms with Crippen LogP contribution in [0.25, 0.3) is 22.8 Å². The van der Waals surface area contributed by atoms with E-state index >= 15 is 0 Å². The molecule has 0 unspecified atom stereocenters. The fourth-order valence-corrected chi connectivity index (χ4v) is 3.29. The van der Waals surface area contributed by atoms with Gasteiger partial charge in [0.2, 0.25) is 11.7 Å². The first-order chi connectivity index (χ1) is 12.7. The highest BCUT2D eigenvalue weighted by Gasteiger charge is 2.14. The van der Waals surface area contributed by atoms with Gasteiger partial charge in [-0.05, 0) is 6.92 Å². The minimum absolute atomic E-state index is 0.541. The molecule has 0 aliphatic carbocycles. The van der Waals surface area contributed by atoms with Crippen LogP contribution < -0.4 is 0 Å². The van der Waals surface area contributed by atoms with E-state index in [4.69, 9.17) is 4.52 Å². The number of nitrogens with zero attached hydrogens (tertiary/aromatic N) is 5. The van der Waals surface area contributed by atoms with Gasteiger partial charge in [0.15, 0.2) is 11.0 Å². The van der Waals surface area contributed by atoms with Crippen LogP contribution >= 0.6 is 11.8 Å². The zero-order valence-electron chi connectivity index (χ0n) is 14.5. The molecular formula is C19H17N5OS. The average Bonchev–Trinajstić information content (AvgIpc) is 3.29. The van der Waals surface area contributed by atoms with Gasteiger partial charge in [0.25, 0.3) is 0 Å². The summed E-state index contributed by atoms with van der Waals surface area (Å²) in [5, 5.41) is 13.4. The van der Waals surface area contributed by atoms with Crippen LogP contribution in [0.15, 0.2) is 64.3 Å². The second-order valence-corrected chi connectivity index (χ2v) is 6.84. The van der Waals surface area contributed by atoms with E-state index in [9.17, 15) is 0 Å². The molecule has 0 bridgehead atoms. The van der Waals surface area contributed by atoms with Gasteiger partial charge in [-0.25, -0.2) is 0 Å². The highest BCUT2D eigenvalue weighted by atomic mass is 32.2. The summed E-state index contributed by atoms with van der Waals surface area (Å²) < 4.78 is 7.32. The third-order valence-corrected chi connectivity index (χ3v) is 4.97. The van der Waals surface area contributed by atoms with Crippen molar-refractivity contribution in [3.8, 4) is 22.8 Å². The largest absolute Gasteiger partial charge is 0.338 e. The minimum atomic E-state index is 0.541. The van der Waals surface area contributed by atoms with Gasteiger partial charge < -0.3 is 9.09 Å². The van der Waals surface area contributed by atoms with Crippen LogP contribution in [0, 0.1) is 6.92 Å². The molecule has 0 atom stereocenters. The topological polar surface area (TPSA) is 69.6 Å². The highest BCUT2D eigenvalue weighted by Crippen LogP contribution is 2.25. The molecule has 0 aliphatic rings. The molecule has 2 heterocycles. The first kappa shape index (κ1) is 16.5. The van der Waals surface area contributed by atoms with E-state index in [1.54, 1.807) is 0 Å². The molecule has 0 amide bonds.